The Balaban J connectivity index is 1.79. The maximum Gasteiger partial charge on any atom is 0.189 e. The molecule has 2 aromatic rings. The van der Waals surface area contributed by atoms with Crippen molar-refractivity contribution in [3.05, 3.63) is 84.5 Å². The molecule has 5 nitrogen and oxygen atoms in total. The molecule has 1 aromatic carbocycles. The van der Waals surface area contributed by atoms with Gasteiger partial charge in [0.15, 0.2) is 5.49 Å². The maximum atomic E-state index is 9.54. The number of rotatable bonds is 2. The normalized spacial score (nSPS) is 14.3. The minimum atomic E-state index is 0.362. The summed E-state index contributed by atoms with van der Waals surface area (Å²) < 4.78 is 0.919. The summed E-state index contributed by atoms with van der Waals surface area (Å²) in [6, 6.07) is 14.9. The van der Waals surface area contributed by atoms with Crippen molar-refractivity contribution in [3.8, 4) is 0 Å². The van der Waals surface area contributed by atoms with Crippen LogP contribution in [-0.2, 0) is 0 Å². The fourth-order valence-corrected chi connectivity index (χ4v) is 1.86. The second kappa shape index (κ2) is 6.49. The highest BCUT2D eigenvalue weighted by atomic mass is 16.5. The molecule has 5 heteroatoms. The van der Waals surface area contributed by atoms with Gasteiger partial charge in [0, 0.05) is 6.20 Å². The number of hydrogen-bond acceptors (Lipinski definition) is 4. The van der Waals surface area contributed by atoms with Gasteiger partial charge in [-0.25, -0.2) is 4.99 Å². The molecule has 1 aromatic heterocycles. The summed E-state index contributed by atoms with van der Waals surface area (Å²) in [5, 5.41) is 17.6. The van der Waals surface area contributed by atoms with E-state index < -0.39 is 0 Å². The van der Waals surface area contributed by atoms with E-state index in [9.17, 15) is 5.21 Å². The summed E-state index contributed by atoms with van der Waals surface area (Å²) in [5.74, 6) is 0. The molecule has 0 saturated heterocycles. The molecule has 0 atom stereocenters. The second-order valence-electron chi connectivity index (χ2n) is 4.57. The second-order valence-corrected chi connectivity index (χ2v) is 4.57. The summed E-state index contributed by atoms with van der Waals surface area (Å²) >= 11 is 0. The zero-order valence-electron chi connectivity index (χ0n) is 11.7. The number of benzene rings is 1. The molecular formula is C17H14N4O. The molecule has 0 saturated carbocycles. The van der Waals surface area contributed by atoms with E-state index in [1.54, 1.807) is 18.2 Å². The van der Waals surface area contributed by atoms with Crippen molar-refractivity contribution in [2.45, 2.75) is 0 Å². The van der Waals surface area contributed by atoms with Gasteiger partial charge in [0.1, 0.15) is 0 Å². The molecule has 0 spiro atoms. The fraction of sp³-hybridized carbons (Fsp3) is 0. The van der Waals surface area contributed by atoms with Gasteiger partial charge in [-0.3, -0.25) is 0 Å². The number of allylic oxidation sites excluding steroid dienone is 4. The van der Waals surface area contributed by atoms with E-state index in [-0.39, 0.29) is 0 Å². The summed E-state index contributed by atoms with van der Waals surface area (Å²) in [4.78, 5) is 4.50. The van der Waals surface area contributed by atoms with Gasteiger partial charge in [-0.1, -0.05) is 24.3 Å². The van der Waals surface area contributed by atoms with Crippen molar-refractivity contribution in [2.24, 2.45) is 15.2 Å². The lowest BCUT2D eigenvalue weighted by Gasteiger charge is -2.01. The van der Waals surface area contributed by atoms with E-state index in [2.05, 4.69) is 15.2 Å². The molecule has 108 valence electrons. The molecule has 0 unspecified atom stereocenters. The lowest BCUT2D eigenvalue weighted by atomic mass is 10.1. The largest absolute Gasteiger partial charge is 0.427 e. The third-order valence-corrected chi connectivity index (χ3v) is 2.95. The first-order chi connectivity index (χ1) is 10.8. The Bertz CT molecular complexity index is 824. The lowest BCUT2D eigenvalue weighted by molar-refractivity contribution is 0.171. The van der Waals surface area contributed by atoms with E-state index in [0.717, 1.165) is 16.1 Å². The van der Waals surface area contributed by atoms with Crippen LogP contribution in [0.5, 0.6) is 0 Å². The summed E-state index contributed by atoms with van der Waals surface area (Å²) in [6.45, 7) is 0. The van der Waals surface area contributed by atoms with Crippen LogP contribution in [0, 0.1) is 0 Å². The van der Waals surface area contributed by atoms with Crippen molar-refractivity contribution >= 4 is 17.1 Å². The van der Waals surface area contributed by atoms with E-state index in [4.69, 9.17) is 0 Å². The summed E-state index contributed by atoms with van der Waals surface area (Å²) in [5.41, 5.74) is 2.81. The SMILES string of the molecule is On1ccccc1=NN=C1C=CC(=Nc2ccccc2)C=C1. The zero-order chi connectivity index (χ0) is 15.2. The van der Waals surface area contributed by atoms with Gasteiger partial charge in [0.2, 0.25) is 0 Å². The summed E-state index contributed by atoms with van der Waals surface area (Å²) in [7, 11) is 0. The Labute approximate surface area is 127 Å². The smallest absolute Gasteiger partial charge is 0.189 e. The zero-order valence-corrected chi connectivity index (χ0v) is 11.7. The average molecular weight is 290 g/mol. The van der Waals surface area contributed by atoms with E-state index in [1.165, 1.54) is 6.20 Å². The van der Waals surface area contributed by atoms with Crippen LogP contribution in [0.4, 0.5) is 5.69 Å². The topological polar surface area (TPSA) is 62.2 Å². The Morgan fingerprint density at radius 1 is 0.727 bits per heavy atom. The lowest BCUT2D eigenvalue weighted by Crippen LogP contribution is -2.16. The minimum absolute atomic E-state index is 0.362. The molecule has 0 aliphatic heterocycles. The van der Waals surface area contributed by atoms with Crippen LogP contribution >= 0.6 is 0 Å². The highest BCUT2D eigenvalue weighted by Crippen LogP contribution is 2.12. The van der Waals surface area contributed by atoms with Crippen molar-refractivity contribution in [2.75, 3.05) is 0 Å². The number of nitrogens with zero attached hydrogens (tertiary/aromatic N) is 4. The quantitative estimate of drug-likeness (QED) is 0.516. The first kappa shape index (κ1) is 13.8. The number of hydrogen-bond donors (Lipinski definition) is 1. The molecule has 0 bridgehead atoms. The molecule has 0 amide bonds. The first-order valence-electron chi connectivity index (χ1n) is 6.80. The fourth-order valence-electron chi connectivity index (χ4n) is 1.86. The highest BCUT2D eigenvalue weighted by molar-refractivity contribution is 6.18. The van der Waals surface area contributed by atoms with Gasteiger partial charge in [-0.2, -0.15) is 4.73 Å². The van der Waals surface area contributed by atoms with Gasteiger partial charge in [-0.15, -0.1) is 10.2 Å². The van der Waals surface area contributed by atoms with Crippen LogP contribution in [0.25, 0.3) is 0 Å². The van der Waals surface area contributed by atoms with Crippen molar-refractivity contribution in [1.29, 1.82) is 0 Å². The number of aliphatic imine (C=N–C) groups is 1. The predicted molar refractivity (Wildman–Crippen MR) is 86.4 cm³/mol. The molecule has 3 rings (SSSR count). The van der Waals surface area contributed by atoms with Crippen molar-refractivity contribution in [3.63, 3.8) is 0 Å². The molecule has 0 radical (unpaired) electrons. The number of aromatic nitrogens is 1. The average Bonchev–Trinajstić information content (AvgIpc) is 2.56. The Hall–Kier alpha value is -3.21. The van der Waals surface area contributed by atoms with Crippen LogP contribution < -0.4 is 5.49 Å². The molecule has 22 heavy (non-hydrogen) atoms. The maximum absolute atomic E-state index is 9.54. The van der Waals surface area contributed by atoms with Gasteiger partial charge in [-0.05, 0) is 48.6 Å². The van der Waals surface area contributed by atoms with Crippen LogP contribution in [0.3, 0.4) is 0 Å². The Morgan fingerprint density at radius 3 is 2.14 bits per heavy atom. The predicted octanol–water partition coefficient (Wildman–Crippen LogP) is 2.88. The standard InChI is InChI=1S/C17H14N4O/c22-21-13-5-4-8-17(21)20-19-16-11-9-15(10-12-16)18-14-6-2-1-3-7-14/h1-13,22H. The molecular weight excluding hydrogens is 276 g/mol. The third-order valence-electron chi connectivity index (χ3n) is 2.95. The van der Waals surface area contributed by atoms with Gasteiger partial charge < -0.3 is 5.21 Å². The minimum Gasteiger partial charge on any atom is -0.427 e. The van der Waals surface area contributed by atoms with Crippen molar-refractivity contribution < 1.29 is 5.21 Å². The van der Waals surface area contributed by atoms with Gasteiger partial charge in [0.05, 0.1) is 17.1 Å². The van der Waals surface area contributed by atoms with Crippen LogP contribution in [0.15, 0.2) is 94.2 Å². The molecule has 0 fully saturated rings. The third kappa shape index (κ3) is 3.46. The van der Waals surface area contributed by atoms with Gasteiger partial charge in [0.25, 0.3) is 0 Å². The molecule has 1 N–H and O–H groups in total. The van der Waals surface area contributed by atoms with Gasteiger partial charge >= 0.3 is 0 Å². The Morgan fingerprint density at radius 2 is 1.41 bits per heavy atom. The van der Waals surface area contributed by atoms with Crippen molar-refractivity contribution in [1.82, 2.24) is 4.73 Å². The van der Waals surface area contributed by atoms with E-state index in [1.807, 2.05) is 54.6 Å². The number of pyridine rings is 1. The molecule has 1 heterocycles. The van der Waals surface area contributed by atoms with Crippen LogP contribution in [0.1, 0.15) is 0 Å². The van der Waals surface area contributed by atoms with Crippen LogP contribution in [0.2, 0.25) is 0 Å². The molecule has 1 aliphatic rings. The number of para-hydroxylation sites is 1. The molecule has 1 aliphatic carbocycles. The Kier molecular flexibility index (Phi) is 4.06. The van der Waals surface area contributed by atoms with Crippen LogP contribution in [-0.4, -0.2) is 21.4 Å². The van der Waals surface area contributed by atoms with E-state index in [0.29, 0.717) is 11.2 Å². The summed E-state index contributed by atoms with van der Waals surface area (Å²) in [6.07, 6.45) is 8.90. The highest BCUT2D eigenvalue weighted by Gasteiger charge is 1.99. The van der Waals surface area contributed by atoms with E-state index >= 15 is 0 Å². The monoisotopic (exact) mass is 290 g/mol. The first-order valence-corrected chi connectivity index (χ1v) is 6.80.